The summed E-state index contributed by atoms with van der Waals surface area (Å²) >= 11 is 0. The minimum Gasteiger partial charge on any atom is -0.230 e. The third-order valence-electron chi connectivity index (χ3n) is 3.32. The molecule has 1 fully saturated rings. The predicted octanol–water partition coefficient (Wildman–Crippen LogP) is 0.943. The molecule has 0 N–H and O–H groups in total. The zero-order chi connectivity index (χ0) is 11.7. The molecule has 1 atom stereocenters. The molecule has 88 valence electrons. The van der Waals surface area contributed by atoms with E-state index in [1.807, 2.05) is 0 Å². The quantitative estimate of drug-likeness (QED) is 0.632. The third kappa shape index (κ3) is 1.48. The predicted molar refractivity (Wildman–Crippen MR) is 65.3 cm³/mol. The van der Waals surface area contributed by atoms with Crippen LogP contribution in [0.3, 0.4) is 0 Å². The van der Waals surface area contributed by atoms with Crippen molar-refractivity contribution < 1.29 is 4.76 Å². The average molecular weight is 232 g/mol. The smallest absolute Gasteiger partial charge is 0.230 e. The van der Waals surface area contributed by atoms with Crippen molar-refractivity contribution in [3.63, 3.8) is 0 Å². The van der Waals surface area contributed by atoms with E-state index in [-0.39, 0.29) is 0 Å². The van der Waals surface area contributed by atoms with Crippen molar-refractivity contribution in [2.45, 2.75) is 25.0 Å². The second kappa shape index (κ2) is 3.96. The highest BCUT2D eigenvalue weighted by Crippen LogP contribution is 2.29. The van der Waals surface area contributed by atoms with E-state index < -0.39 is 5.79 Å². The number of nitrogens with zero attached hydrogens (tertiary/aromatic N) is 5. The van der Waals surface area contributed by atoms with Gasteiger partial charge in [0.05, 0.1) is 11.0 Å². The molecule has 1 unspecified atom stereocenters. The van der Waals surface area contributed by atoms with E-state index in [9.17, 15) is 4.91 Å². The lowest BCUT2D eigenvalue weighted by Crippen LogP contribution is -2.61. The van der Waals surface area contributed by atoms with Crippen molar-refractivity contribution in [2.24, 2.45) is 15.0 Å². The highest BCUT2D eigenvalue weighted by Gasteiger charge is 2.58. The van der Waals surface area contributed by atoms with Gasteiger partial charge in [0, 0.05) is 30.4 Å². The zero-order valence-corrected chi connectivity index (χ0v) is 9.49. The summed E-state index contributed by atoms with van der Waals surface area (Å²) in [5.41, 5.74) is 0. The van der Waals surface area contributed by atoms with Crippen LogP contribution in [0, 0.1) is 4.91 Å². The molecule has 3 heterocycles. The molecule has 0 bridgehead atoms. The summed E-state index contributed by atoms with van der Waals surface area (Å²) in [5.74, 6) is -0.580. The topological polar surface area (TPSA) is 60.4 Å². The minimum atomic E-state index is -1.05. The van der Waals surface area contributed by atoms with Gasteiger partial charge >= 0.3 is 5.79 Å². The maximum Gasteiger partial charge on any atom is 0.431 e. The van der Waals surface area contributed by atoms with Gasteiger partial charge in [-0.25, -0.2) is 14.9 Å². The van der Waals surface area contributed by atoms with Crippen LogP contribution in [0.1, 0.15) is 19.3 Å². The van der Waals surface area contributed by atoms with E-state index in [0.717, 1.165) is 30.7 Å². The summed E-state index contributed by atoms with van der Waals surface area (Å²) in [4.78, 5) is 27.0. The van der Waals surface area contributed by atoms with Crippen molar-refractivity contribution in [1.29, 1.82) is 0 Å². The lowest BCUT2D eigenvalue weighted by Gasteiger charge is -2.35. The van der Waals surface area contributed by atoms with Gasteiger partial charge in [0.2, 0.25) is 12.0 Å². The molecule has 0 aromatic carbocycles. The highest BCUT2D eigenvalue weighted by molar-refractivity contribution is 6.22. The Morgan fingerprint density at radius 1 is 1.24 bits per heavy atom. The second-order valence-electron chi connectivity index (χ2n) is 4.32. The van der Waals surface area contributed by atoms with Crippen molar-refractivity contribution >= 4 is 18.3 Å². The first-order valence-corrected chi connectivity index (χ1v) is 5.88. The first-order chi connectivity index (χ1) is 8.34. The number of aliphatic imine (C=N–C) groups is 3. The zero-order valence-electron chi connectivity index (χ0n) is 9.49. The van der Waals surface area contributed by atoms with Crippen LogP contribution in [0.5, 0.6) is 0 Å². The Kier molecular flexibility index (Phi) is 2.44. The van der Waals surface area contributed by atoms with E-state index in [4.69, 9.17) is 0 Å². The van der Waals surface area contributed by atoms with Gasteiger partial charge in [0.1, 0.15) is 0 Å². The maximum absolute atomic E-state index is 12.2. The van der Waals surface area contributed by atoms with Crippen LogP contribution >= 0.6 is 0 Å². The number of likely N-dealkylation sites (tertiary alicyclic amines) is 1. The molecular weight excluding hydrogens is 218 g/mol. The molecule has 0 radical (unpaired) electrons. The Bertz CT molecular complexity index is 458. The van der Waals surface area contributed by atoms with E-state index in [2.05, 4.69) is 19.9 Å². The molecule has 0 amide bonds. The monoisotopic (exact) mass is 232 g/mol. The van der Waals surface area contributed by atoms with E-state index in [1.54, 1.807) is 12.4 Å². The number of rotatable bonds is 1. The van der Waals surface area contributed by atoms with Crippen molar-refractivity contribution in [3.05, 3.63) is 17.3 Å². The number of nitroso groups, excluding NO2 is 1. The van der Waals surface area contributed by atoms with Gasteiger partial charge in [-0.15, -0.1) is 0 Å². The molecule has 3 aliphatic rings. The van der Waals surface area contributed by atoms with Gasteiger partial charge in [0.15, 0.2) is 0 Å². The maximum atomic E-state index is 12.2. The van der Waals surface area contributed by atoms with Gasteiger partial charge in [-0.1, -0.05) is 6.42 Å². The summed E-state index contributed by atoms with van der Waals surface area (Å²) in [6, 6.07) is 0. The molecule has 3 rings (SSSR count). The highest BCUT2D eigenvalue weighted by atomic mass is 16.3. The standard InChI is InChI=1S/C11H14N5O/c17-16-9-6-13-10-11(16,14-5-4-12-10)15-7-2-1-3-8-15/h4-6,9H,1-3,7-8H2/q+1. The van der Waals surface area contributed by atoms with Gasteiger partial charge in [-0.05, 0) is 12.8 Å². The molecule has 1 saturated heterocycles. The molecule has 0 aliphatic carbocycles. The second-order valence-corrected chi connectivity index (χ2v) is 4.32. The molecule has 17 heavy (non-hydrogen) atoms. The fourth-order valence-electron chi connectivity index (χ4n) is 2.50. The Morgan fingerprint density at radius 2 is 2.06 bits per heavy atom. The lowest BCUT2D eigenvalue weighted by atomic mass is 10.1. The minimum absolute atomic E-state index is 0.472. The van der Waals surface area contributed by atoms with Gasteiger partial charge < -0.3 is 0 Å². The van der Waals surface area contributed by atoms with Crippen molar-refractivity contribution in [1.82, 2.24) is 4.90 Å². The van der Waals surface area contributed by atoms with Crippen LogP contribution in [0.25, 0.3) is 0 Å². The number of hydrogen-bond donors (Lipinski definition) is 0. The summed E-state index contributed by atoms with van der Waals surface area (Å²) in [6.07, 6.45) is 9.43. The van der Waals surface area contributed by atoms with Crippen LogP contribution in [-0.2, 0) is 0 Å². The largest absolute Gasteiger partial charge is 0.431 e. The number of piperidine rings is 1. The van der Waals surface area contributed by atoms with Crippen LogP contribution in [0.2, 0.25) is 0 Å². The van der Waals surface area contributed by atoms with Crippen LogP contribution < -0.4 is 0 Å². The number of fused-ring (bicyclic) bond motifs is 1. The van der Waals surface area contributed by atoms with Crippen LogP contribution in [-0.4, -0.2) is 46.8 Å². The van der Waals surface area contributed by atoms with Crippen molar-refractivity contribution in [3.8, 4) is 0 Å². The first-order valence-electron chi connectivity index (χ1n) is 5.88. The molecule has 0 aromatic rings. The number of hydrogen-bond acceptors (Lipinski definition) is 5. The lowest BCUT2D eigenvalue weighted by molar-refractivity contribution is -0.577. The molecule has 6 heteroatoms. The molecule has 0 spiro atoms. The van der Waals surface area contributed by atoms with E-state index in [1.165, 1.54) is 18.8 Å². The summed E-state index contributed by atoms with van der Waals surface area (Å²) in [7, 11) is 0. The molecular formula is C11H14N5O+. The Morgan fingerprint density at radius 3 is 2.88 bits per heavy atom. The van der Waals surface area contributed by atoms with Crippen LogP contribution in [0.4, 0.5) is 0 Å². The summed E-state index contributed by atoms with van der Waals surface area (Å²) < 4.78 is 0.855. The Hall–Kier alpha value is -1.69. The molecule has 0 aromatic heterocycles. The summed E-state index contributed by atoms with van der Waals surface area (Å²) in [6.45, 7) is 1.72. The average Bonchev–Trinajstić information content (AvgIpc) is 2.40. The third-order valence-corrected chi connectivity index (χ3v) is 3.32. The molecule has 3 aliphatic heterocycles. The van der Waals surface area contributed by atoms with Gasteiger partial charge in [-0.3, -0.25) is 0 Å². The van der Waals surface area contributed by atoms with Crippen molar-refractivity contribution in [2.75, 3.05) is 13.1 Å². The molecule has 6 nitrogen and oxygen atoms in total. The van der Waals surface area contributed by atoms with Gasteiger partial charge in [0.25, 0.3) is 0 Å². The Labute approximate surface area is 99.0 Å². The van der Waals surface area contributed by atoms with E-state index in [0.29, 0.717) is 5.84 Å². The first kappa shape index (κ1) is 10.5. The van der Waals surface area contributed by atoms with E-state index >= 15 is 0 Å². The molecule has 0 saturated carbocycles. The summed E-state index contributed by atoms with van der Waals surface area (Å²) in [5, 5.41) is 0. The normalized spacial score (nSPS) is 32.5. The Balaban J connectivity index is 2.04. The van der Waals surface area contributed by atoms with Crippen LogP contribution in [0.15, 0.2) is 27.4 Å². The SMILES string of the molecule is O=[N+]1C=CN=C2N=CC=NC21N1CCCCC1. The number of amidine groups is 1. The van der Waals surface area contributed by atoms with Gasteiger partial charge in [-0.2, -0.15) is 4.99 Å². The fourth-order valence-corrected chi connectivity index (χ4v) is 2.50. The fraction of sp³-hybridized carbons (Fsp3) is 0.545.